The molecule has 1 unspecified atom stereocenters. The number of hydrogen-bond acceptors (Lipinski definition) is 4. The minimum absolute atomic E-state index is 0.0334. The van der Waals surface area contributed by atoms with Gasteiger partial charge in [0.1, 0.15) is 10.7 Å². The van der Waals surface area contributed by atoms with E-state index in [1.165, 1.54) is 11.0 Å². The summed E-state index contributed by atoms with van der Waals surface area (Å²) in [6, 6.07) is 1.28. The number of carbonyl (C=O) groups excluding carboxylic acids is 2. The number of aromatic carboxylic acids is 1. The Balaban J connectivity index is 2.42. The van der Waals surface area contributed by atoms with E-state index >= 15 is 0 Å². The maximum atomic E-state index is 11.8. The van der Waals surface area contributed by atoms with Gasteiger partial charge in [-0.05, 0) is 0 Å². The van der Waals surface area contributed by atoms with Crippen LogP contribution in [-0.2, 0) is 9.59 Å². The van der Waals surface area contributed by atoms with Gasteiger partial charge in [0, 0.05) is 25.2 Å². The molecular formula is C11H10ClN3O4. The zero-order valence-electron chi connectivity index (χ0n) is 9.67. The number of carboxylic acids is 1. The summed E-state index contributed by atoms with van der Waals surface area (Å²) in [5.41, 5.74) is 5.13. The molecule has 0 bridgehead atoms. The summed E-state index contributed by atoms with van der Waals surface area (Å²) in [6.45, 7) is 0.0504. The summed E-state index contributed by atoms with van der Waals surface area (Å²) in [4.78, 5) is 38.9. The molecule has 0 saturated carbocycles. The van der Waals surface area contributed by atoms with Crippen molar-refractivity contribution in [3.8, 4) is 0 Å². The van der Waals surface area contributed by atoms with Gasteiger partial charge >= 0.3 is 5.97 Å². The first-order valence-corrected chi connectivity index (χ1v) is 5.76. The topological polar surface area (TPSA) is 114 Å². The van der Waals surface area contributed by atoms with Crippen LogP contribution in [0.1, 0.15) is 16.8 Å². The maximum Gasteiger partial charge on any atom is 0.339 e. The van der Waals surface area contributed by atoms with Crippen LogP contribution in [0.5, 0.6) is 0 Å². The van der Waals surface area contributed by atoms with Crippen molar-refractivity contribution in [2.75, 3.05) is 11.4 Å². The summed E-state index contributed by atoms with van der Waals surface area (Å²) in [5.74, 6) is -2.81. The largest absolute Gasteiger partial charge is 0.478 e. The molecule has 2 rings (SSSR count). The van der Waals surface area contributed by atoms with Crippen LogP contribution >= 0.6 is 11.6 Å². The Labute approximate surface area is 113 Å². The predicted molar refractivity (Wildman–Crippen MR) is 65.9 cm³/mol. The Bertz CT molecular complexity index is 575. The molecule has 100 valence electrons. The standard InChI is InChI=1S/C11H10ClN3O4/c12-8-2-7(6(3-14-8)11(18)19)15-4-5(10(13)17)1-9(15)16/h2-3,5H,1,4H2,(H2,13,17)(H,18,19). The van der Waals surface area contributed by atoms with E-state index in [1.54, 1.807) is 0 Å². The summed E-state index contributed by atoms with van der Waals surface area (Å²) < 4.78 is 0. The molecule has 2 amide bonds. The first-order chi connectivity index (χ1) is 8.90. The van der Waals surface area contributed by atoms with Crippen molar-refractivity contribution >= 4 is 35.1 Å². The molecule has 1 aromatic rings. The van der Waals surface area contributed by atoms with Crippen molar-refractivity contribution in [3.05, 3.63) is 23.0 Å². The van der Waals surface area contributed by atoms with E-state index in [4.69, 9.17) is 22.4 Å². The van der Waals surface area contributed by atoms with Gasteiger partial charge in [0.25, 0.3) is 0 Å². The third-order valence-corrected chi connectivity index (χ3v) is 3.10. The average Bonchev–Trinajstić information content (AvgIpc) is 2.71. The summed E-state index contributed by atoms with van der Waals surface area (Å²) in [5, 5.41) is 9.13. The van der Waals surface area contributed by atoms with E-state index in [2.05, 4.69) is 4.98 Å². The Morgan fingerprint density at radius 3 is 2.74 bits per heavy atom. The van der Waals surface area contributed by atoms with Gasteiger partial charge in [-0.3, -0.25) is 9.59 Å². The lowest BCUT2D eigenvalue weighted by atomic mass is 10.1. The Morgan fingerprint density at radius 1 is 1.53 bits per heavy atom. The lowest BCUT2D eigenvalue weighted by Gasteiger charge is -2.18. The zero-order valence-corrected chi connectivity index (χ0v) is 10.4. The number of carboxylic acid groups (broad SMARTS) is 1. The monoisotopic (exact) mass is 283 g/mol. The molecule has 1 fully saturated rings. The van der Waals surface area contributed by atoms with Crippen molar-refractivity contribution in [2.45, 2.75) is 6.42 Å². The van der Waals surface area contributed by atoms with Crippen molar-refractivity contribution in [1.82, 2.24) is 4.98 Å². The summed E-state index contributed by atoms with van der Waals surface area (Å²) >= 11 is 5.71. The van der Waals surface area contributed by atoms with Crippen LogP contribution in [0.3, 0.4) is 0 Å². The van der Waals surface area contributed by atoms with E-state index < -0.39 is 17.8 Å². The van der Waals surface area contributed by atoms with Crippen molar-refractivity contribution in [3.63, 3.8) is 0 Å². The van der Waals surface area contributed by atoms with Gasteiger partial charge in [-0.2, -0.15) is 0 Å². The fraction of sp³-hybridized carbons (Fsp3) is 0.273. The number of primary amides is 1. The molecule has 0 aliphatic carbocycles. The number of anilines is 1. The van der Waals surface area contributed by atoms with Gasteiger partial charge in [0.2, 0.25) is 11.8 Å². The second-order valence-corrected chi connectivity index (χ2v) is 4.52. The molecule has 8 heteroatoms. The number of rotatable bonds is 3. The third-order valence-electron chi connectivity index (χ3n) is 2.90. The highest BCUT2D eigenvalue weighted by atomic mass is 35.5. The molecule has 0 aromatic carbocycles. The molecule has 1 atom stereocenters. The molecule has 2 heterocycles. The van der Waals surface area contributed by atoms with E-state index in [0.717, 1.165) is 6.20 Å². The molecule has 0 spiro atoms. The van der Waals surface area contributed by atoms with E-state index in [0.29, 0.717) is 0 Å². The van der Waals surface area contributed by atoms with E-state index in [9.17, 15) is 14.4 Å². The first-order valence-electron chi connectivity index (χ1n) is 5.38. The normalized spacial score (nSPS) is 18.7. The molecule has 1 aromatic heterocycles. The second-order valence-electron chi connectivity index (χ2n) is 4.14. The zero-order chi connectivity index (χ0) is 14.2. The van der Waals surface area contributed by atoms with E-state index in [-0.39, 0.29) is 35.3 Å². The average molecular weight is 284 g/mol. The first kappa shape index (κ1) is 13.3. The van der Waals surface area contributed by atoms with Crippen molar-refractivity contribution < 1.29 is 19.5 Å². The van der Waals surface area contributed by atoms with Crippen LogP contribution in [-0.4, -0.2) is 34.4 Å². The van der Waals surface area contributed by atoms with Crippen LogP contribution in [0.2, 0.25) is 5.15 Å². The smallest absolute Gasteiger partial charge is 0.339 e. The minimum Gasteiger partial charge on any atom is -0.478 e. The lowest BCUT2D eigenvalue weighted by molar-refractivity contribution is -0.123. The molecule has 0 radical (unpaired) electrons. The van der Waals surface area contributed by atoms with Gasteiger partial charge in [-0.1, -0.05) is 11.6 Å². The number of nitrogens with two attached hydrogens (primary N) is 1. The van der Waals surface area contributed by atoms with Crippen molar-refractivity contribution in [1.29, 1.82) is 0 Å². The highest BCUT2D eigenvalue weighted by Crippen LogP contribution is 2.29. The number of amides is 2. The van der Waals surface area contributed by atoms with Gasteiger partial charge < -0.3 is 15.7 Å². The van der Waals surface area contributed by atoms with Crippen LogP contribution in [0.15, 0.2) is 12.3 Å². The number of carbonyl (C=O) groups is 3. The quantitative estimate of drug-likeness (QED) is 0.773. The fourth-order valence-corrected chi connectivity index (χ4v) is 2.09. The number of aromatic nitrogens is 1. The second kappa shape index (κ2) is 4.85. The van der Waals surface area contributed by atoms with Gasteiger partial charge in [-0.25, -0.2) is 9.78 Å². The Morgan fingerprint density at radius 2 is 2.21 bits per heavy atom. The summed E-state index contributed by atoms with van der Waals surface area (Å²) in [7, 11) is 0. The van der Waals surface area contributed by atoms with Crippen molar-refractivity contribution in [2.24, 2.45) is 11.7 Å². The van der Waals surface area contributed by atoms with Gasteiger partial charge in [0.15, 0.2) is 0 Å². The maximum absolute atomic E-state index is 11.8. The lowest BCUT2D eigenvalue weighted by Crippen LogP contribution is -2.29. The van der Waals surface area contributed by atoms with E-state index in [1.807, 2.05) is 0 Å². The SMILES string of the molecule is NC(=O)C1CC(=O)N(c2cc(Cl)ncc2C(=O)O)C1. The minimum atomic E-state index is -1.23. The number of pyridine rings is 1. The number of halogens is 1. The predicted octanol–water partition coefficient (Wildman–Crippen LogP) is 0.271. The van der Waals surface area contributed by atoms with Crippen LogP contribution < -0.4 is 10.6 Å². The fourth-order valence-electron chi connectivity index (χ4n) is 1.94. The van der Waals surface area contributed by atoms with Crippen LogP contribution in [0.4, 0.5) is 5.69 Å². The molecule has 1 aliphatic heterocycles. The molecular weight excluding hydrogens is 274 g/mol. The molecule has 1 aliphatic rings. The Kier molecular flexibility index (Phi) is 3.39. The Hall–Kier alpha value is -2.15. The molecule has 19 heavy (non-hydrogen) atoms. The van der Waals surface area contributed by atoms with Crippen LogP contribution in [0, 0.1) is 5.92 Å². The third kappa shape index (κ3) is 2.50. The van der Waals surface area contributed by atoms with Gasteiger partial charge in [0.05, 0.1) is 11.6 Å². The number of nitrogens with zero attached hydrogens (tertiary/aromatic N) is 2. The highest BCUT2D eigenvalue weighted by Gasteiger charge is 2.35. The van der Waals surface area contributed by atoms with Gasteiger partial charge in [-0.15, -0.1) is 0 Å². The molecule has 7 nitrogen and oxygen atoms in total. The highest BCUT2D eigenvalue weighted by molar-refractivity contribution is 6.30. The molecule has 1 saturated heterocycles. The molecule has 3 N–H and O–H groups in total. The number of hydrogen-bond donors (Lipinski definition) is 2. The summed E-state index contributed by atoms with van der Waals surface area (Å²) in [6.07, 6.45) is 1.04. The van der Waals surface area contributed by atoms with Crippen LogP contribution in [0.25, 0.3) is 0 Å².